The number of nitrogens with zero attached hydrogens (tertiary/aromatic N) is 3. The van der Waals surface area contributed by atoms with Crippen LogP contribution in [0.1, 0.15) is 10.4 Å². The van der Waals surface area contributed by atoms with Gasteiger partial charge in [-0.05, 0) is 28.1 Å². The van der Waals surface area contributed by atoms with E-state index in [9.17, 15) is 18.0 Å². The zero-order valence-corrected chi connectivity index (χ0v) is 12.1. The van der Waals surface area contributed by atoms with Gasteiger partial charge >= 0.3 is 6.18 Å². The average Bonchev–Trinajstić information content (AvgIpc) is 2.37. The molecule has 0 unspecified atom stereocenters. The summed E-state index contributed by atoms with van der Waals surface area (Å²) < 4.78 is 37.3. The molecule has 8 heteroatoms. The van der Waals surface area contributed by atoms with Gasteiger partial charge in [0.25, 0.3) is 5.91 Å². The number of piperazine rings is 1. The standard InChI is InChI=1S/C12H13BrF3N3O/c13-10-9(2-1-3-17-10)11(20)19-6-4-18(5-7-19)8-12(14,15)16/h1-3H,4-8H2. The average molecular weight is 352 g/mol. The lowest BCUT2D eigenvalue weighted by Crippen LogP contribution is -2.51. The number of hydrogen-bond acceptors (Lipinski definition) is 3. The summed E-state index contributed by atoms with van der Waals surface area (Å²) in [6.07, 6.45) is -2.64. The topological polar surface area (TPSA) is 36.4 Å². The maximum Gasteiger partial charge on any atom is 0.401 e. The smallest absolute Gasteiger partial charge is 0.336 e. The van der Waals surface area contributed by atoms with Crippen LogP contribution in [0.25, 0.3) is 0 Å². The van der Waals surface area contributed by atoms with Gasteiger partial charge in [-0.1, -0.05) is 0 Å². The predicted molar refractivity (Wildman–Crippen MR) is 70.3 cm³/mol. The normalized spacial score (nSPS) is 17.3. The number of halogens is 4. The molecule has 1 fully saturated rings. The highest BCUT2D eigenvalue weighted by atomic mass is 79.9. The molecule has 1 aromatic heterocycles. The van der Waals surface area contributed by atoms with Crippen LogP contribution >= 0.6 is 15.9 Å². The highest BCUT2D eigenvalue weighted by molar-refractivity contribution is 9.10. The molecule has 0 aliphatic carbocycles. The van der Waals surface area contributed by atoms with Crippen LogP contribution in [-0.4, -0.2) is 59.6 Å². The second-order valence-electron chi connectivity index (χ2n) is 4.53. The fraction of sp³-hybridized carbons (Fsp3) is 0.500. The highest BCUT2D eigenvalue weighted by Gasteiger charge is 2.33. The maximum absolute atomic E-state index is 12.3. The van der Waals surface area contributed by atoms with Crippen LogP contribution in [0.2, 0.25) is 0 Å². The van der Waals surface area contributed by atoms with Crippen molar-refractivity contribution in [1.29, 1.82) is 0 Å². The van der Waals surface area contributed by atoms with E-state index in [4.69, 9.17) is 0 Å². The molecule has 2 heterocycles. The van der Waals surface area contributed by atoms with Crippen LogP contribution in [0.4, 0.5) is 13.2 Å². The molecule has 110 valence electrons. The first-order chi connectivity index (χ1) is 9.37. The molecule has 0 N–H and O–H groups in total. The van der Waals surface area contributed by atoms with Crippen molar-refractivity contribution in [1.82, 2.24) is 14.8 Å². The van der Waals surface area contributed by atoms with Crippen LogP contribution in [-0.2, 0) is 0 Å². The SMILES string of the molecule is O=C(c1cccnc1Br)N1CCN(CC(F)(F)F)CC1. The number of carbonyl (C=O) groups excluding carboxylic acids is 1. The van der Waals surface area contributed by atoms with Gasteiger partial charge in [-0.25, -0.2) is 4.98 Å². The molecule has 1 aliphatic rings. The van der Waals surface area contributed by atoms with Crippen LogP contribution in [0.15, 0.2) is 22.9 Å². The summed E-state index contributed by atoms with van der Waals surface area (Å²) in [5.41, 5.74) is 0.428. The monoisotopic (exact) mass is 351 g/mol. The van der Waals surface area contributed by atoms with Gasteiger partial charge in [-0.15, -0.1) is 0 Å². The molecule has 1 amide bonds. The number of pyridine rings is 1. The van der Waals surface area contributed by atoms with E-state index in [-0.39, 0.29) is 32.1 Å². The minimum atomic E-state index is -4.20. The summed E-state index contributed by atoms with van der Waals surface area (Å²) in [6.45, 7) is 0.102. The van der Waals surface area contributed by atoms with Gasteiger partial charge in [-0.3, -0.25) is 9.69 Å². The molecule has 1 saturated heterocycles. The number of rotatable bonds is 2. The summed E-state index contributed by atoms with van der Waals surface area (Å²) in [5, 5.41) is 0. The molecule has 4 nitrogen and oxygen atoms in total. The van der Waals surface area contributed by atoms with Crippen molar-refractivity contribution in [3.8, 4) is 0 Å². The molecular weight excluding hydrogens is 339 g/mol. The second-order valence-corrected chi connectivity index (χ2v) is 5.28. The lowest BCUT2D eigenvalue weighted by molar-refractivity contribution is -0.148. The summed E-state index contributed by atoms with van der Waals surface area (Å²) in [5.74, 6) is -0.211. The second kappa shape index (κ2) is 6.09. The Bertz CT molecular complexity index is 487. The molecule has 0 radical (unpaired) electrons. The Labute approximate surface area is 122 Å². The summed E-state index contributed by atoms with van der Waals surface area (Å²) in [6, 6.07) is 3.29. The molecular formula is C12H13BrF3N3O. The summed E-state index contributed by atoms with van der Waals surface area (Å²) in [4.78, 5) is 19.1. The molecule has 0 spiro atoms. The van der Waals surface area contributed by atoms with Gasteiger partial charge in [0.15, 0.2) is 0 Å². The van der Waals surface area contributed by atoms with Gasteiger partial charge in [0.2, 0.25) is 0 Å². The van der Waals surface area contributed by atoms with Crippen molar-refractivity contribution in [2.75, 3.05) is 32.7 Å². The van der Waals surface area contributed by atoms with Crippen LogP contribution < -0.4 is 0 Å². The minimum Gasteiger partial charge on any atom is -0.336 e. The van der Waals surface area contributed by atoms with E-state index in [1.54, 1.807) is 23.2 Å². The van der Waals surface area contributed by atoms with Crippen molar-refractivity contribution >= 4 is 21.8 Å². The predicted octanol–water partition coefficient (Wildman–Crippen LogP) is 2.16. The Hall–Kier alpha value is -1.15. The van der Waals surface area contributed by atoms with Gasteiger partial charge in [0, 0.05) is 32.4 Å². The Balaban J connectivity index is 1.94. The zero-order valence-electron chi connectivity index (χ0n) is 10.5. The van der Waals surface area contributed by atoms with E-state index in [0.717, 1.165) is 0 Å². The number of aromatic nitrogens is 1. The first kappa shape index (κ1) is 15.2. The van der Waals surface area contributed by atoms with Crippen LogP contribution in [0, 0.1) is 0 Å². The van der Waals surface area contributed by atoms with Gasteiger partial charge in [-0.2, -0.15) is 13.2 Å². The van der Waals surface area contributed by atoms with E-state index >= 15 is 0 Å². The number of hydrogen-bond donors (Lipinski definition) is 0. The minimum absolute atomic E-state index is 0.211. The van der Waals surface area contributed by atoms with E-state index in [0.29, 0.717) is 10.2 Å². The quantitative estimate of drug-likeness (QED) is 0.766. The van der Waals surface area contributed by atoms with E-state index < -0.39 is 12.7 Å². The Morgan fingerprint density at radius 1 is 1.30 bits per heavy atom. The van der Waals surface area contributed by atoms with Crippen LogP contribution in [0.3, 0.4) is 0 Å². The van der Waals surface area contributed by atoms with Crippen molar-refractivity contribution in [3.05, 3.63) is 28.5 Å². The maximum atomic E-state index is 12.3. The lowest BCUT2D eigenvalue weighted by atomic mass is 10.2. The van der Waals surface area contributed by atoms with Gasteiger partial charge in [0.1, 0.15) is 4.60 Å². The van der Waals surface area contributed by atoms with Crippen molar-refractivity contribution in [2.24, 2.45) is 0 Å². The fourth-order valence-electron chi connectivity index (χ4n) is 2.08. The summed E-state index contributed by atoms with van der Waals surface area (Å²) >= 11 is 3.20. The Morgan fingerprint density at radius 3 is 2.50 bits per heavy atom. The molecule has 0 bridgehead atoms. The number of alkyl halides is 3. The van der Waals surface area contributed by atoms with Crippen molar-refractivity contribution in [2.45, 2.75) is 6.18 Å². The fourth-order valence-corrected chi connectivity index (χ4v) is 2.50. The third kappa shape index (κ3) is 3.92. The lowest BCUT2D eigenvalue weighted by Gasteiger charge is -2.35. The Kier molecular flexibility index (Phi) is 4.64. The van der Waals surface area contributed by atoms with Gasteiger partial charge < -0.3 is 4.90 Å². The van der Waals surface area contributed by atoms with Crippen molar-refractivity contribution in [3.63, 3.8) is 0 Å². The first-order valence-electron chi connectivity index (χ1n) is 6.06. The van der Waals surface area contributed by atoms with Crippen molar-refractivity contribution < 1.29 is 18.0 Å². The third-order valence-electron chi connectivity index (χ3n) is 3.05. The van der Waals surface area contributed by atoms with E-state index in [1.807, 2.05) is 0 Å². The van der Waals surface area contributed by atoms with E-state index in [2.05, 4.69) is 20.9 Å². The largest absolute Gasteiger partial charge is 0.401 e. The molecule has 0 saturated carbocycles. The molecule has 0 atom stereocenters. The molecule has 0 aromatic carbocycles. The molecule has 2 rings (SSSR count). The van der Waals surface area contributed by atoms with E-state index in [1.165, 1.54) is 4.90 Å². The molecule has 1 aromatic rings. The molecule has 20 heavy (non-hydrogen) atoms. The zero-order chi connectivity index (χ0) is 14.8. The Morgan fingerprint density at radius 2 is 1.95 bits per heavy atom. The first-order valence-corrected chi connectivity index (χ1v) is 6.85. The highest BCUT2D eigenvalue weighted by Crippen LogP contribution is 2.19. The third-order valence-corrected chi connectivity index (χ3v) is 3.68. The van der Waals surface area contributed by atoms with Crippen LogP contribution in [0.5, 0.6) is 0 Å². The number of amides is 1. The van der Waals surface area contributed by atoms with Gasteiger partial charge in [0.05, 0.1) is 12.1 Å². The number of carbonyl (C=O) groups is 1. The summed E-state index contributed by atoms with van der Waals surface area (Å²) in [7, 11) is 0. The molecule has 1 aliphatic heterocycles.